The topological polar surface area (TPSA) is 80.0 Å². The van der Waals surface area contributed by atoms with Crippen molar-refractivity contribution in [2.24, 2.45) is 10.7 Å². The van der Waals surface area contributed by atoms with Crippen LogP contribution in [0.15, 0.2) is 35.3 Å². The van der Waals surface area contributed by atoms with Gasteiger partial charge < -0.3 is 20.7 Å². The molecule has 1 aliphatic carbocycles. The van der Waals surface area contributed by atoms with Crippen molar-refractivity contribution in [3.05, 3.63) is 30.3 Å². The summed E-state index contributed by atoms with van der Waals surface area (Å²) < 4.78 is 5.45. The Morgan fingerprint density at radius 3 is 2.50 bits per heavy atom. The fourth-order valence-corrected chi connectivity index (χ4v) is 2.12. The second kappa shape index (κ2) is 9.10. The minimum absolute atomic E-state index is 0. The van der Waals surface area contributed by atoms with Gasteiger partial charge in [0.25, 0.3) is 0 Å². The Hall–Kier alpha value is -1.51. The molecule has 0 unspecified atom stereocenters. The number of amides is 1. The van der Waals surface area contributed by atoms with Crippen molar-refractivity contribution in [3.63, 3.8) is 0 Å². The molecule has 0 aliphatic heterocycles. The molecule has 7 heteroatoms. The number of carbonyl (C=O) groups is 1. The highest BCUT2D eigenvalue weighted by Gasteiger charge is 2.34. The number of nitrogens with one attached hydrogen (secondary N) is 1. The fraction of sp³-hybridized carbons (Fsp3) is 0.529. The lowest BCUT2D eigenvalue weighted by molar-refractivity contribution is 0.0240. The van der Waals surface area contributed by atoms with Crippen molar-refractivity contribution >= 4 is 41.7 Å². The lowest BCUT2D eigenvalue weighted by Gasteiger charge is -2.27. The Bertz CT molecular complexity index is 553. The summed E-state index contributed by atoms with van der Waals surface area (Å²) in [7, 11) is 0. The SMILES string of the molecule is CC(C)(C)OC(=O)N(CCN=C(N)Nc1ccccc1)C1CC1.I. The Morgan fingerprint density at radius 1 is 1.33 bits per heavy atom. The molecule has 6 nitrogen and oxygen atoms in total. The van der Waals surface area contributed by atoms with Crippen molar-refractivity contribution in [1.29, 1.82) is 0 Å². The lowest BCUT2D eigenvalue weighted by atomic mass is 10.2. The highest BCUT2D eigenvalue weighted by atomic mass is 127. The maximum Gasteiger partial charge on any atom is 0.410 e. The molecule has 1 aromatic carbocycles. The van der Waals surface area contributed by atoms with E-state index in [4.69, 9.17) is 10.5 Å². The van der Waals surface area contributed by atoms with Crippen molar-refractivity contribution in [3.8, 4) is 0 Å². The van der Waals surface area contributed by atoms with E-state index >= 15 is 0 Å². The number of aliphatic imine (C=N–C) groups is 1. The van der Waals surface area contributed by atoms with E-state index in [0.717, 1.165) is 18.5 Å². The molecule has 0 spiro atoms. The molecule has 0 saturated heterocycles. The van der Waals surface area contributed by atoms with Gasteiger partial charge in [-0.1, -0.05) is 18.2 Å². The van der Waals surface area contributed by atoms with Gasteiger partial charge in [0.1, 0.15) is 5.60 Å². The Labute approximate surface area is 160 Å². The Balaban J connectivity index is 0.00000288. The number of guanidine groups is 1. The standard InChI is InChI=1S/C17H26N4O2.HI/c1-17(2,3)23-16(22)21(14-9-10-14)12-11-19-15(18)20-13-7-5-4-6-8-13;/h4-8,14H,9-12H2,1-3H3,(H3,18,19,20);1H. The van der Waals surface area contributed by atoms with E-state index in [-0.39, 0.29) is 36.1 Å². The molecule has 134 valence electrons. The van der Waals surface area contributed by atoms with Gasteiger partial charge >= 0.3 is 6.09 Å². The monoisotopic (exact) mass is 446 g/mol. The number of carbonyl (C=O) groups excluding carboxylic acids is 1. The third kappa shape index (κ3) is 7.37. The van der Waals surface area contributed by atoms with Crippen LogP contribution in [0.4, 0.5) is 10.5 Å². The highest BCUT2D eigenvalue weighted by molar-refractivity contribution is 14.0. The predicted octanol–water partition coefficient (Wildman–Crippen LogP) is 3.43. The Morgan fingerprint density at radius 2 is 1.96 bits per heavy atom. The first-order chi connectivity index (χ1) is 10.8. The van der Waals surface area contributed by atoms with Crippen LogP contribution in [0.1, 0.15) is 33.6 Å². The van der Waals surface area contributed by atoms with Gasteiger partial charge in [0.2, 0.25) is 0 Å². The molecule has 0 radical (unpaired) electrons. The first kappa shape index (κ1) is 20.5. The molecule has 0 atom stereocenters. The molecule has 24 heavy (non-hydrogen) atoms. The van der Waals surface area contributed by atoms with Crippen molar-refractivity contribution in [1.82, 2.24) is 4.90 Å². The predicted molar refractivity (Wildman–Crippen MR) is 108 cm³/mol. The van der Waals surface area contributed by atoms with E-state index in [1.165, 1.54) is 0 Å². The first-order valence-electron chi connectivity index (χ1n) is 7.97. The van der Waals surface area contributed by atoms with E-state index in [2.05, 4.69) is 10.3 Å². The number of hydrogen-bond acceptors (Lipinski definition) is 3. The van der Waals surface area contributed by atoms with E-state index in [1.807, 2.05) is 51.1 Å². The van der Waals surface area contributed by atoms with Crippen LogP contribution in [0, 0.1) is 0 Å². The van der Waals surface area contributed by atoms with E-state index in [1.54, 1.807) is 4.90 Å². The zero-order chi connectivity index (χ0) is 16.9. The third-order valence-electron chi connectivity index (χ3n) is 3.28. The molecule has 3 N–H and O–H groups in total. The van der Waals surface area contributed by atoms with Crippen molar-refractivity contribution in [2.45, 2.75) is 45.3 Å². The highest BCUT2D eigenvalue weighted by Crippen LogP contribution is 2.28. The van der Waals surface area contributed by atoms with Gasteiger partial charge in [-0.2, -0.15) is 0 Å². The van der Waals surface area contributed by atoms with Gasteiger partial charge in [-0.3, -0.25) is 4.99 Å². The van der Waals surface area contributed by atoms with E-state index in [9.17, 15) is 4.79 Å². The van der Waals surface area contributed by atoms with Crippen LogP contribution in [0.2, 0.25) is 0 Å². The molecular weight excluding hydrogens is 419 g/mol. The molecule has 1 aliphatic rings. The van der Waals surface area contributed by atoms with Gasteiger partial charge in [0.15, 0.2) is 5.96 Å². The average Bonchev–Trinajstić information content (AvgIpc) is 3.27. The fourth-order valence-electron chi connectivity index (χ4n) is 2.12. The molecule has 1 fully saturated rings. The number of para-hydroxylation sites is 1. The van der Waals surface area contributed by atoms with Crippen LogP contribution in [0.5, 0.6) is 0 Å². The maximum absolute atomic E-state index is 12.2. The number of halogens is 1. The number of nitrogens with zero attached hydrogens (tertiary/aromatic N) is 2. The number of nitrogens with two attached hydrogens (primary N) is 1. The van der Waals surface area contributed by atoms with Crippen molar-refractivity contribution in [2.75, 3.05) is 18.4 Å². The van der Waals surface area contributed by atoms with Crippen LogP contribution >= 0.6 is 24.0 Å². The minimum atomic E-state index is -0.485. The van der Waals surface area contributed by atoms with Crippen LogP contribution < -0.4 is 11.1 Å². The molecule has 0 bridgehead atoms. The van der Waals surface area contributed by atoms with Gasteiger partial charge in [-0.25, -0.2) is 4.79 Å². The number of anilines is 1. The summed E-state index contributed by atoms with van der Waals surface area (Å²) in [5.74, 6) is 0.344. The lowest BCUT2D eigenvalue weighted by Crippen LogP contribution is -2.40. The summed E-state index contributed by atoms with van der Waals surface area (Å²) >= 11 is 0. The second-order valence-corrected chi connectivity index (χ2v) is 6.66. The Kier molecular flexibility index (Phi) is 7.78. The van der Waals surface area contributed by atoms with E-state index in [0.29, 0.717) is 19.0 Å². The summed E-state index contributed by atoms with van der Waals surface area (Å²) in [6.07, 6.45) is 1.78. The molecule has 0 aromatic heterocycles. The average molecular weight is 446 g/mol. The van der Waals surface area contributed by atoms with Crippen LogP contribution in [-0.2, 0) is 4.74 Å². The summed E-state index contributed by atoms with van der Waals surface area (Å²) in [6, 6.07) is 9.90. The number of rotatable bonds is 5. The third-order valence-corrected chi connectivity index (χ3v) is 3.28. The first-order valence-corrected chi connectivity index (χ1v) is 7.97. The summed E-state index contributed by atoms with van der Waals surface area (Å²) in [5, 5.41) is 3.02. The number of ether oxygens (including phenoxy) is 1. The molecule has 1 amide bonds. The smallest absolute Gasteiger partial charge is 0.410 e. The van der Waals surface area contributed by atoms with Crippen molar-refractivity contribution < 1.29 is 9.53 Å². The molecule has 1 aromatic rings. The van der Waals surface area contributed by atoms with Crippen LogP contribution in [-0.4, -0.2) is 41.7 Å². The normalized spacial score (nSPS) is 14.5. The molecule has 2 rings (SSSR count). The van der Waals surface area contributed by atoms with Crippen LogP contribution in [0.25, 0.3) is 0 Å². The van der Waals surface area contributed by atoms with Crippen LogP contribution in [0.3, 0.4) is 0 Å². The van der Waals surface area contributed by atoms with Gasteiger partial charge in [0, 0.05) is 18.3 Å². The summed E-state index contributed by atoms with van der Waals surface area (Å²) in [5.41, 5.74) is 6.27. The summed E-state index contributed by atoms with van der Waals surface area (Å²) in [6.45, 7) is 6.57. The van der Waals surface area contributed by atoms with Gasteiger partial charge in [-0.15, -0.1) is 24.0 Å². The number of hydrogen-bond donors (Lipinski definition) is 2. The van der Waals surface area contributed by atoms with E-state index < -0.39 is 5.60 Å². The molecule has 0 heterocycles. The quantitative estimate of drug-likeness (QED) is 0.413. The number of benzene rings is 1. The second-order valence-electron chi connectivity index (χ2n) is 6.66. The molecular formula is C17H27IN4O2. The van der Waals surface area contributed by atoms with Gasteiger partial charge in [0.05, 0.1) is 6.54 Å². The zero-order valence-corrected chi connectivity index (χ0v) is 16.8. The zero-order valence-electron chi connectivity index (χ0n) is 14.5. The molecule has 1 saturated carbocycles. The summed E-state index contributed by atoms with van der Waals surface area (Å²) in [4.78, 5) is 18.3. The maximum atomic E-state index is 12.2. The largest absolute Gasteiger partial charge is 0.444 e. The minimum Gasteiger partial charge on any atom is -0.444 e. The van der Waals surface area contributed by atoms with Gasteiger partial charge in [-0.05, 0) is 45.7 Å².